The normalized spacial score (nSPS) is 13.7. The van der Waals surface area contributed by atoms with E-state index in [2.05, 4.69) is 5.32 Å². The van der Waals surface area contributed by atoms with E-state index < -0.39 is 6.43 Å². The van der Waals surface area contributed by atoms with Crippen LogP contribution < -0.4 is 5.32 Å². The molecule has 1 aromatic rings. The first-order chi connectivity index (χ1) is 5.70. The summed E-state index contributed by atoms with van der Waals surface area (Å²) in [6.07, 6.45) is -2.27. The Balaban J connectivity index is 2.34. The zero-order chi connectivity index (χ0) is 8.97. The average Bonchev–Trinajstić information content (AvgIpc) is 2.51. The van der Waals surface area contributed by atoms with Gasteiger partial charge in [0, 0.05) is 10.9 Å². The molecule has 1 atom stereocenters. The van der Waals surface area contributed by atoms with E-state index in [1.54, 1.807) is 11.3 Å². The Morgan fingerprint density at radius 1 is 1.58 bits per heavy atom. The molecule has 12 heavy (non-hydrogen) atoms. The second-order valence-corrected chi connectivity index (χ2v) is 3.52. The molecular formula is C8H11F2NS. The van der Waals surface area contributed by atoms with Gasteiger partial charge in [0.15, 0.2) is 0 Å². The van der Waals surface area contributed by atoms with Crippen LogP contribution in [-0.4, -0.2) is 13.0 Å². The first kappa shape index (κ1) is 9.61. The van der Waals surface area contributed by atoms with Crippen molar-refractivity contribution in [3.63, 3.8) is 0 Å². The van der Waals surface area contributed by atoms with E-state index in [1.165, 1.54) is 0 Å². The number of thiophene rings is 1. The standard InChI is InChI=1S/C8H11F2NS/c1-6(11-5-8(9)10)7-3-2-4-12-7/h2-4,6,8,11H,5H2,1H3/t6-/m0/s1. The van der Waals surface area contributed by atoms with Crippen molar-refractivity contribution < 1.29 is 8.78 Å². The minimum Gasteiger partial charge on any atom is -0.304 e. The van der Waals surface area contributed by atoms with Crippen molar-refractivity contribution in [2.24, 2.45) is 0 Å². The van der Waals surface area contributed by atoms with Crippen LogP contribution in [0.15, 0.2) is 17.5 Å². The number of alkyl halides is 2. The van der Waals surface area contributed by atoms with E-state index in [0.717, 1.165) is 4.88 Å². The van der Waals surface area contributed by atoms with Crippen molar-refractivity contribution in [3.05, 3.63) is 22.4 Å². The molecule has 0 aliphatic rings. The molecule has 1 rings (SSSR count). The maximum Gasteiger partial charge on any atom is 0.250 e. The number of halogens is 2. The fourth-order valence-electron chi connectivity index (χ4n) is 0.904. The van der Waals surface area contributed by atoms with Gasteiger partial charge in [0.05, 0.1) is 6.54 Å². The summed E-state index contributed by atoms with van der Waals surface area (Å²) in [5.74, 6) is 0. The number of nitrogens with one attached hydrogen (secondary N) is 1. The van der Waals surface area contributed by atoms with Crippen molar-refractivity contribution >= 4 is 11.3 Å². The second kappa shape index (κ2) is 4.52. The van der Waals surface area contributed by atoms with Gasteiger partial charge in [-0.2, -0.15) is 0 Å². The molecule has 1 nitrogen and oxygen atoms in total. The van der Waals surface area contributed by atoms with Crippen LogP contribution in [0.1, 0.15) is 17.8 Å². The maximum atomic E-state index is 11.8. The fraction of sp³-hybridized carbons (Fsp3) is 0.500. The van der Waals surface area contributed by atoms with Gasteiger partial charge in [0.25, 0.3) is 6.43 Å². The summed E-state index contributed by atoms with van der Waals surface area (Å²) in [7, 11) is 0. The van der Waals surface area contributed by atoms with Crippen LogP contribution in [0.4, 0.5) is 8.78 Å². The highest BCUT2D eigenvalue weighted by Gasteiger charge is 2.08. The van der Waals surface area contributed by atoms with Crippen molar-refractivity contribution in [1.82, 2.24) is 5.32 Å². The summed E-state index contributed by atoms with van der Waals surface area (Å²) < 4.78 is 23.6. The van der Waals surface area contributed by atoms with Crippen LogP contribution in [-0.2, 0) is 0 Å². The predicted octanol–water partition coefficient (Wildman–Crippen LogP) is 2.66. The minimum atomic E-state index is -2.27. The monoisotopic (exact) mass is 191 g/mol. The molecule has 4 heteroatoms. The Labute approximate surface area is 74.4 Å². The predicted molar refractivity (Wildman–Crippen MR) is 46.7 cm³/mol. The molecule has 1 heterocycles. The summed E-state index contributed by atoms with van der Waals surface area (Å²) in [6.45, 7) is 1.65. The first-order valence-corrected chi connectivity index (χ1v) is 4.63. The van der Waals surface area contributed by atoms with E-state index in [1.807, 2.05) is 24.4 Å². The molecule has 0 unspecified atom stereocenters. The van der Waals surface area contributed by atoms with Crippen molar-refractivity contribution in [2.45, 2.75) is 19.4 Å². The molecule has 0 saturated carbocycles. The third-order valence-electron chi connectivity index (χ3n) is 1.55. The molecule has 0 aromatic carbocycles. The highest BCUT2D eigenvalue weighted by atomic mass is 32.1. The van der Waals surface area contributed by atoms with Gasteiger partial charge in [0.2, 0.25) is 0 Å². The highest BCUT2D eigenvalue weighted by Crippen LogP contribution is 2.17. The fourth-order valence-corrected chi connectivity index (χ4v) is 1.66. The summed E-state index contributed by atoms with van der Waals surface area (Å²) in [5, 5.41) is 4.69. The molecular weight excluding hydrogens is 180 g/mol. The lowest BCUT2D eigenvalue weighted by Crippen LogP contribution is -2.23. The Morgan fingerprint density at radius 2 is 2.33 bits per heavy atom. The van der Waals surface area contributed by atoms with Gasteiger partial charge in [0.1, 0.15) is 0 Å². The second-order valence-electron chi connectivity index (χ2n) is 2.54. The largest absolute Gasteiger partial charge is 0.304 e. The van der Waals surface area contributed by atoms with Crippen LogP contribution in [0.25, 0.3) is 0 Å². The molecule has 68 valence electrons. The Morgan fingerprint density at radius 3 is 2.83 bits per heavy atom. The van der Waals surface area contributed by atoms with E-state index in [0.29, 0.717) is 0 Å². The maximum absolute atomic E-state index is 11.8. The summed E-state index contributed by atoms with van der Waals surface area (Å²) in [5.41, 5.74) is 0. The number of rotatable bonds is 4. The summed E-state index contributed by atoms with van der Waals surface area (Å²) in [6, 6.07) is 3.88. The van der Waals surface area contributed by atoms with Crippen molar-refractivity contribution in [2.75, 3.05) is 6.54 Å². The SMILES string of the molecule is C[C@H](NCC(F)F)c1cccs1. The molecule has 0 aliphatic heterocycles. The molecule has 1 N–H and O–H groups in total. The van der Waals surface area contributed by atoms with Crippen LogP contribution in [0.3, 0.4) is 0 Å². The third kappa shape index (κ3) is 2.87. The molecule has 0 saturated heterocycles. The minimum absolute atomic E-state index is 0.0269. The van der Waals surface area contributed by atoms with E-state index in [9.17, 15) is 8.78 Å². The topological polar surface area (TPSA) is 12.0 Å². The highest BCUT2D eigenvalue weighted by molar-refractivity contribution is 7.10. The molecule has 0 radical (unpaired) electrons. The van der Waals surface area contributed by atoms with E-state index in [-0.39, 0.29) is 12.6 Å². The number of hydrogen-bond acceptors (Lipinski definition) is 2. The third-order valence-corrected chi connectivity index (χ3v) is 2.60. The summed E-state index contributed by atoms with van der Waals surface area (Å²) >= 11 is 1.58. The van der Waals surface area contributed by atoms with Crippen molar-refractivity contribution in [1.29, 1.82) is 0 Å². The van der Waals surface area contributed by atoms with E-state index in [4.69, 9.17) is 0 Å². The van der Waals surface area contributed by atoms with Crippen LogP contribution >= 0.6 is 11.3 Å². The van der Waals surface area contributed by atoms with Gasteiger partial charge in [-0.3, -0.25) is 0 Å². The van der Waals surface area contributed by atoms with Crippen LogP contribution in [0, 0.1) is 0 Å². The Bertz CT molecular complexity index is 211. The lowest BCUT2D eigenvalue weighted by atomic mass is 10.3. The molecule has 0 aliphatic carbocycles. The Kier molecular flexibility index (Phi) is 3.62. The molecule has 0 fully saturated rings. The Hall–Kier alpha value is -0.480. The first-order valence-electron chi connectivity index (χ1n) is 3.75. The average molecular weight is 191 g/mol. The van der Waals surface area contributed by atoms with Gasteiger partial charge in [-0.05, 0) is 18.4 Å². The molecule has 1 aromatic heterocycles. The van der Waals surface area contributed by atoms with E-state index >= 15 is 0 Å². The van der Waals surface area contributed by atoms with Gasteiger partial charge >= 0.3 is 0 Å². The zero-order valence-electron chi connectivity index (χ0n) is 6.76. The van der Waals surface area contributed by atoms with Crippen molar-refractivity contribution in [3.8, 4) is 0 Å². The van der Waals surface area contributed by atoms with Gasteiger partial charge in [-0.1, -0.05) is 6.07 Å². The van der Waals surface area contributed by atoms with Gasteiger partial charge in [-0.15, -0.1) is 11.3 Å². The number of hydrogen-bond donors (Lipinski definition) is 1. The molecule has 0 spiro atoms. The molecule has 0 bridgehead atoms. The lowest BCUT2D eigenvalue weighted by molar-refractivity contribution is 0.142. The van der Waals surface area contributed by atoms with Crippen LogP contribution in [0.2, 0.25) is 0 Å². The lowest BCUT2D eigenvalue weighted by Gasteiger charge is -2.10. The molecule has 0 amide bonds. The quantitative estimate of drug-likeness (QED) is 0.771. The van der Waals surface area contributed by atoms with Gasteiger partial charge in [-0.25, -0.2) is 8.78 Å². The summed E-state index contributed by atoms with van der Waals surface area (Å²) in [4.78, 5) is 1.09. The van der Waals surface area contributed by atoms with Gasteiger partial charge < -0.3 is 5.32 Å². The van der Waals surface area contributed by atoms with Crippen LogP contribution in [0.5, 0.6) is 0 Å². The smallest absolute Gasteiger partial charge is 0.250 e. The zero-order valence-corrected chi connectivity index (χ0v) is 7.57.